The normalized spacial score (nSPS) is 10.3. The summed E-state index contributed by atoms with van der Waals surface area (Å²) in [6.45, 7) is 0.583. The minimum atomic E-state index is 0.583. The van der Waals surface area contributed by atoms with Gasteiger partial charge in [-0.15, -0.1) is 0 Å². The maximum absolute atomic E-state index is 6.11. The van der Waals surface area contributed by atoms with Crippen LogP contribution in [-0.4, -0.2) is 24.1 Å². The van der Waals surface area contributed by atoms with Crippen molar-refractivity contribution >= 4 is 34.8 Å². The third-order valence-electron chi connectivity index (χ3n) is 2.59. The topological polar surface area (TPSA) is 41.0 Å². The van der Waals surface area contributed by atoms with Crippen LogP contribution in [0.4, 0.5) is 11.6 Å². The molecule has 1 heterocycles. The molecule has 1 aromatic heterocycles. The maximum atomic E-state index is 6.11. The van der Waals surface area contributed by atoms with Gasteiger partial charge in [0.05, 0.1) is 0 Å². The third kappa shape index (κ3) is 3.72. The minimum absolute atomic E-state index is 0.583. The molecule has 0 aliphatic heterocycles. The van der Waals surface area contributed by atoms with Crippen LogP contribution in [0.2, 0.25) is 10.0 Å². The molecule has 0 spiro atoms. The van der Waals surface area contributed by atoms with E-state index in [-0.39, 0.29) is 0 Å². The zero-order chi connectivity index (χ0) is 13.8. The van der Waals surface area contributed by atoms with Gasteiger partial charge in [-0.3, -0.25) is 0 Å². The number of benzene rings is 1. The molecule has 2 rings (SSSR count). The molecule has 0 unspecified atom stereocenters. The molecule has 2 aromatic rings. The number of halogens is 2. The lowest BCUT2D eigenvalue weighted by molar-refractivity contribution is 1.02. The summed E-state index contributed by atoms with van der Waals surface area (Å²) >= 11 is 12.0. The largest absolute Gasteiger partial charge is 0.366 e. The summed E-state index contributed by atoms with van der Waals surface area (Å²) in [5.41, 5.74) is 0.969. The first-order chi connectivity index (χ1) is 9.06. The van der Waals surface area contributed by atoms with Gasteiger partial charge in [0.1, 0.15) is 18.0 Å². The van der Waals surface area contributed by atoms with E-state index in [0.29, 0.717) is 16.6 Å². The number of rotatable bonds is 4. The lowest BCUT2D eigenvalue weighted by Crippen LogP contribution is -2.11. The Labute approximate surface area is 122 Å². The third-order valence-corrected chi connectivity index (χ3v) is 3.17. The predicted octanol–water partition coefficient (Wildman–Crippen LogP) is 3.46. The Hall–Kier alpha value is -1.52. The standard InChI is InChI=1S/C13H14Cl2N4/c1-19(2)13-6-12(17-8-18-13)16-7-9-3-4-10(14)5-11(9)15/h3-6,8H,7H2,1-2H3,(H,16,17,18). The van der Waals surface area contributed by atoms with Gasteiger partial charge >= 0.3 is 0 Å². The van der Waals surface area contributed by atoms with E-state index in [0.717, 1.165) is 17.2 Å². The number of hydrogen-bond acceptors (Lipinski definition) is 4. The summed E-state index contributed by atoms with van der Waals surface area (Å²) in [4.78, 5) is 10.2. The van der Waals surface area contributed by atoms with Gasteiger partial charge in [0, 0.05) is 36.8 Å². The van der Waals surface area contributed by atoms with Crippen molar-refractivity contribution in [2.45, 2.75) is 6.54 Å². The molecular formula is C13H14Cl2N4. The van der Waals surface area contributed by atoms with Crippen LogP contribution in [0.1, 0.15) is 5.56 Å². The van der Waals surface area contributed by atoms with E-state index in [1.807, 2.05) is 37.2 Å². The van der Waals surface area contributed by atoms with Gasteiger partial charge in [0.2, 0.25) is 0 Å². The Morgan fingerprint density at radius 1 is 1.16 bits per heavy atom. The predicted molar refractivity (Wildman–Crippen MR) is 80.1 cm³/mol. The summed E-state index contributed by atoms with van der Waals surface area (Å²) in [5.74, 6) is 1.60. The van der Waals surface area contributed by atoms with Crippen LogP contribution in [-0.2, 0) is 6.54 Å². The molecule has 0 radical (unpaired) electrons. The van der Waals surface area contributed by atoms with Crippen molar-refractivity contribution < 1.29 is 0 Å². The zero-order valence-corrected chi connectivity index (χ0v) is 12.2. The minimum Gasteiger partial charge on any atom is -0.366 e. The second kappa shape index (κ2) is 6.08. The van der Waals surface area contributed by atoms with Crippen LogP contribution in [0.5, 0.6) is 0 Å². The lowest BCUT2D eigenvalue weighted by Gasteiger charge is -2.12. The van der Waals surface area contributed by atoms with Gasteiger partial charge < -0.3 is 10.2 Å². The highest BCUT2D eigenvalue weighted by molar-refractivity contribution is 6.35. The Kier molecular flexibility index (Phi) is 4.45. The average Bonchev–Trinajstić information content (AvgIpc) is 2.38. The number of nitrogens with zero attached hydrogens (tertiary/aromatic N) is 3. The molecule has 100 valence electrons. The van der Waals surface area contributed by atoms with E-state index in [1.54, 1.807) is 6.07 Å². The summed E-state index contributed by atoms with van der Waals surface area (Å²) in [6.07, 6.45) is 1.53. The highest BCUT2D eigenvalue weighted by Gasteiger charge is 2.03. The Balaban J connectivity index is 2.08. The molecule has 0 saturated heterocycles. The van der Waals surface area contributed by atoms with Gasteiger partial charge in [0.15, 0.2) is 0 Å². The lowest BCUT2D eigenvalue weighted by atomic mass is 10.2. The molecule has 0 bridgehead atoms. The van der Waals surface area contributed by atoms with Gasteiger partial charge in [-0.1, -0.05) is 29.3 Å². The monoisotopic (exact) mass is 296 g/mol. The first kappa shape index (κ1) is 13.9. The number of nitrogens with one attached hydrogen (secondary N) is 1. The molecule has 0 amide bonds. The number of anilines is 2. The van der Waals surface area contributed by atoms with Crippen molar-refractivity contribution in [3.05, 3.63) is 46.2 Å². The smallest absolute Gasteiger partial charge is 0.133 e. The molecule has 0 saturated carbocycles. The highest BCUT2D eigenvalue weighted by Crippen LogP contribution is 2.22. The van der Waals surface area contributed by atoms with E-state index >= 15 is 0 Å². The molecule has 0 aliphatic rings. The maximum Gasteiger partial charge on any atom is 0.133 e. The number of aromatic nitrogens is 2. The quantitative estimate of drug-likeness (QED) is 0.938. The first-order valence-corrected chi connectivity index (χ1v) is 6.49. The first-order valence-electron chi connectivity index (χ1n) is 5.73. The van der Waals surface area contributed by atoms with Crippen LogP contribution in [0, 0.1) is 0 Å². The van der Waals surface area contributed by atoms with Crippen molar-refractivity contribution in [3.63, 3.8) is 0 Å². The average molecular weight is 297 g/mol. The second-order valence-electron chi connectivity index (χ2n) is 4.25. The Morgan fingerprint density at radius 2 is 1.95 bits per heavy atom. The fourth-order valence-electron chi connectivity index (χ4n) is 1.54. The van der Waals surface area contributed by atoms with E-state index in [9.17, 15) is 0 Å². The Morgan fingerprint density at radius 3 is 2.63 bits per heavy atom. The van der Waals surface area contributed by atoms with Gasteiger partial charge in [-0.25, -0.2) is 9.97 Å². The van der Waals surface area contributed by atoms with Crippen molar-refractivity contribution in [1.29, 1.82) is 0 Å². The SMILES string of the molecule is CN(C)c1cc(NCc2ccc(Cl)cc2Cl)ncn1. The van der Waals surface area contributed by atoms with E-state index in [4.69, 9.17) is 23.2 Å². The molecule has 6 heteroatoms. The molecular weight excluding hydrogens is 283 g/mol. The van der Waals surface area contributed by atoms with Crippen LogP contribution in [0.15, 0.2) is 30.6 Å². The van der Waals surface area contributed by atoms with Crippen molar-refractivity contribution in [2.75, 3.05) is 24.3 Å². The van der Waals surface area contributed by atoms with Gasteiger partial charge in [-0.2, -0.15) is 0 Å². The second-order valence-corrected chi connectivity index (χ2v) is 5.09. The molecule has 0 aliphatic carbocycles. The van der Waals surface area contributed by atoms with E-state index in [2.05, 4.69) is 15.3 Å². The summed E-state index contributed by atoms with van der Waals surface area (Å²) < 4.78 is 0. The van der Waals surface area contributed by atoms with Crippen molar-refractivity contribution in [1.82, 2.24) is 9.97 Å². The molecule has 19 heavy (non-hydrogen) atoms. The molecule has 4 nitrogen and oxygen atoms in total. The van der Waals surface area contributed by atoms with Crippen LogP contribution >= 0.6 is 23.2 Å². The van der Waals surface area contributed by atoms with E-state index in [1.165, 1.54) is 6.33 Å². The van der Waals surface area contributed by atoms with Crippen LogP contribution < -0.4 is 10.2 Å². The summed E-state index contributed by atoms with van der Waals surface area (Å²) in [6, 6.07) is 7.32. The van der Waals surface area contributed by atoms with E-state index < -0.39 is 0 Å². The summed E-state index contributed by atoms with van der Waals surface area (Å²) in [7, 11) is 3.87. The Bertz CT molecular complexity index is 572. The number of hydrogen-bond donors (Lipinski definition) is 1. The van der Waals surface area contributed by atoms with Gasteiger partial charge in [-0.05, 0) is 17.7 Å². The zero-order valence-electron chi connectivity index (χ0n) is 10.7. The fraction of sp³-hybridized carbons (Fsp3) is 0.231. The van der Waals surface area contributed by atoms with Crippen LogP contribution in [0.3, 0.4) is 0 Å². The van der Waals surface area contributed by atoms with Crippen molar-refractivity contribution in [3.8, 4) is 0 Å². The highest BCUT2D eigenvalue weighted by atomic mass is 35.5. The molecule has 1 N–H and O–H groups in total. The molecule has 0 fully saturated rings. The molecule has 0 atom stereocenters. The van der Waals surface area contributed by atoms with Crippen molar-refractivity contribution in [2.24, 2.45) is 0 Å². The summed E-state index contributed by atoms with van der Waals surface area (Å²) in [5, 5.41) is 4.48. The van der Waals surface area contributed by atoms with Gasteiger partial charge in [0.25, 0.3) is 0 Å². The fourth-order valence-corrected chi connectivity index (χ4v) is 2.01. The molecule has 1 aromatic carbocycles. The van der Waals surface area contributed by atoms with Crippen LogP contribution in [0.25, 0.3) is 0 Å².